The fraction of sp³-hybridized carbons (Fsp3) is 0.500. The lowest BCUT2D eigenvalue weighted by Crippen LogP contribution is -2.48. The maximum Gasteiger partial charge on any atom is 0.303 e. The lowest BCUT2D eigenvalue weighted by molar-refractivity contribution is -0.137. The van der Waals surface area contributed by atoms with E-state index in [9.17, 15) is 9.59 Å². The Morgan fingerprint density at radius 3 is 2.27 bits per heavy atom. The molecule has 1 aliphatic rings. The number of halogens is 1. The molecule has 0 unspecified atom stereocenters. The van der Waals surface area contributed by atoms with Crippen molar-refractivity contribution < 1.29 is 14.7 Å². The van der Waals surface area contributed by atoms with E-state index in [4.69, 9.17) is 16.7 Å². The maximum absolute atomic E-state index is 12.4. The fourth-order valence-electron chi connectivity index (χ4n) is 2.56. The second-order valence-corrected chi connectivity index (χ2v) is 5.93. The maximum atomic E-state index is 12.4. The van der Waals surface area contributed by atoms with Gasteiger partial charge in [-0.05, 0) is 43.7 Å². The van der Waals surface area contributed by atoms with E-state index in [0.29, 0.717) is 30.1 Å². The summed E-state index contributed by atoms with van der Waals surface area (Å²) in [5.74, 6) is -0.694. The fourth-order valence-corrected chi connectivity index (χ4v) is 2.69. The summed E-state index contributed by atoms with van der Waals surface area (Å²) in [4.78, 5) is 27.0. The van der Waals surface area contributed by atoms with E-state index in [1.165, 1.54) is 0 Å². The van der Waals surface area contributed by atoms with Crippen LogP contribution >= 0.6 is 11.6 Å². The van der Waals surface area contributed by atoms with Crippen LogP contribution < -0.4 is 0 Å². The largest absolute Gasteiger partial charge is 0.481 e. The van der Waals surface area contributed by atoms with Crippen molar-refractivity contribution in [2.24, 2.45) is 0 Å². The van der Waals surface area contributed by atoms with Crippen molar-refractivity contribution >= 4 is 23.5 Å². The van der Waals surface area contributed by atoms with Crippen LogP contribution in [0.1, 0.15) is 29.6 Å². The topological polar surface area (TPSA) is 60.9 Å². The van der Waals surface area contributed by atoms with Crippen molar-refractivity contribution in [3.8, 4) is 0 Å². The van der Waals surface area contributed by atoms with Crippen LogP contribution in [0.15, 0.2) is 24.3 Å². The number of hydrogen-bond donors (Lipinski definition) is 1. The van der Waals surface area contributed by atoms with Crippen molar-refractivity contribution in [1.82, 2.24) is 9.80 Å². The molecular formula is C16H21ClN2O3. The lowest BCUT2D eigenvalue weighted by Gasteiger charge is -2.34. The average molecular weight is 325 g/mol. The Bertz CT molecular complexity index is 511. The summed E-state index contributed by atoms with van der Waals surface area (Å²) in [7, 11) is 0. The van der Waals surface area contributed by atoms with Gasteiger partial charge < -0.3 is 10.0 Å². The van der Waals surface area contributed by atoms with E-state index in [2.05, 4.69) is 4.90 Å². The Morgan fingerprint density at radius 2 is 1.68 bits per heavy atom. The van der Waals surface area contributed by atoms with Gasteiger partial charge in [0.05, 0.1) is 0 Å². The van der Waals surface area contributed by atoms with E-state index >= 15 is 0 Å². The van der Waals surface area contributed by atoms with Crippen LogP contribution in [0.3, 0.4) is 0 Å². The Kier molecular flexibility index (Phi) is 6.21. The third-order valence-corrected chi connectivity index (χ3v) is 4.12. The molecule has 0 radical (unpaired) electrons. The van der Waals surface area contributed by atoms with Gasteiger partial charge in [0.25, 0.3) is 5.91 Å². The minimum absolute atomic E-state index is 0.0437. The first-order chi connectivity index (χ1) is 10.6. The summed E-state index contributed by atoms with van der Waals surface area (Å²) in [5.41, 5.74) is 0.666. The number of piperazine rings is 1. The number of carbonyl (C=O) groups is 2. The molecule has 2 rings (SSSR count). The Balaban J connectivity index is 1.73. The van der Waals surface area contributed by atoms with Crippen LogP contribution in [-0.2, 0) is 4.79 Å². The number of carbonyl (C=O) groups excluding carboxylic acids is 1. The molecule has 22 heavy (non-hydrogen) atoms. The quantitative estimate of drug-likeness (QED) is 0.816. The van der Waals surface area contributed by atoms with Gasteiger partial charge >= 0.3 is 5.97 Å². The SMILES string of the molecule is O=C(O)CCCCN1CCN(C(=O)c2ccc(Cl)cc2)CC1. The van der Waals surface area contributed by atoms with E-state index < -0.39 is 5.97 Å². The molecule has 1 heterocycles. The third-order valence-electron chi connectivity index (χ3n) is 3.87. The number of carboxylic acid groups (broad SMARTS) is 1. The van der Waals surface area contributed by atoms with Gasteiger partial charge in [0.15, 0.2) is 0 Å². The molecule has 1 aromatic rings. The number of nitrogens with zero attached hydrogens (tertiary/aromatic N) is 2. The lowest BCUT2D eigenvalue weighted by atomic mass is 10.1. The number of amides is 1. The molecule has 1 fully saturated rings. The smallest absolute Gasteiger partial charge is 0.303 e. The molecule has 1 aromatic carbocycles. The number of rotatable bonds is 6. The molecule has 1 aliphatic heterocycles. The third kappa shape index (κ3) is 5.00. The normalized spacial score (nSPS) is 15.8. The molecule has 0 spiro atoms. The summed E-state index contributed by atoms with van der Waals surface area (Å²) < 4.78 is 0. The highest BCUT2D eigenvalue weighted by molar-refractivity contribution is 6.30. The van der Waals surface area contributed by atoms with Crippen LogP contribution in [0.5, 0.6) is 0 Å². The number of carboxylic acids is 1. The van der Waals surface area contributed by atoms with Crippen LogP contribution in [0.25, 0.3) is 0 Å². The van der Waals surface area contributed by atoms with Crippen LogP contribution in [0.2, 0.25) is 5.02 Å². The summed E-state index contributed by atoms with van der Waals surface area (Å²) in [6.45, 7) is 4.00. The summed E-state index contributed by atoms with van der Waals surface area (Å²) in [5, 5.41) is 9.23. The van der Waals surface area contributed by atoms with Crippen LogP contribution in [0, 0.1) is 0 Å². The minimum Gasteiger partial charge on any atom is -0.481 e. The Labute approximate surface area is 135 Å². The van der Waals surface area contributed by atoms with E-state index in [-0.39, 0.29) is 12.3 Å². The van der Waals surface area contributed by atoms with Gasteiger partial charge in [0.1, 0.15) is 0 Å². The number of benzene rings is 1. The number of aliphatic carboxylic acids is 1. The molecule has 6 heteroatoms. The predicted octanol–water partition coefficient (Wildman–Crippen LogP) is 2.35. The molecule has 0 atom stereocenters. The standard InChI is InChI=1S/C16H21ClN2O3/c17-14-6-4-13(5-7-14)16(22)19-11-9-18(10-12-19)8-2-1-3-15(20)21/h4-7H,1-3,8-12H2,(H,20,21). The predicted molar refractivity (Wildman–Crippen MR) is 85.3 cm³/mol. The second kappa shape index (κ2) is 8.15. The summed E-state index contributed by atoms with van der Waals surface area (Å²) in [6.07, 6.45) is 1.83. The second-order valence-electron chi connectivity index (χ2n) is 5.49. The van der Waals surface area contributed by atoms with Crippen molar-refractivity contribution in [3.63, 3.8) is 0 Å². The van der Waals surface area contributed by atoms with Gasteiger partial charge in [0, 0.05) is 43.2 Å². The molecule has 0 aliphatic carbocycles. The molecule has 120 valence electrons. The Hall–Kier alpha value is -1.59. The van der Waals surface area contributed by atoms with Crippen molar-refractivity contribution in [2.45, 2.75) is 19.3 Å². The van der Waals surface area contributed by atoms with Crippen molar-refractivity contribution in [1.29, 1.82) is 0 Å². The van der Waals surface area contributed by atoms with E-state index in [0.717, 1.165) is 26.1 Å². The van der Waals surface area contributed by atoms with Crippen molar-refractivity contribution in [2.75, 3.05) is 32.7 Å². The Morgan fingerprint density at radius 1 is 1.05 bits per heavy atom. The zero-order valence-corrected chi connectivity index (χ0v) is 13.3. The minimum atomic E-state index is -0.738. The van der Waals surface area contributed by atoms with Gasteiger partial charge in [-0.15, -0.1) is 0 Å². The molecule has 1 saturated heterocycles. The molecule has 1 amide bonds. The zero-order chi connectivity index (χ0) is 15.9. The van der Waals surface area contributed by atoms with Gasteiger partial charge in [-0.3, -0.25) is 14.5 Å². The first-order valence-electron chi connectivity index (χ1n) is 7.55. The highest BCUT2D eigenvalue weighted by Gasteiger charge is 2.21. The molecule has 5 nitrogen and oxygen atoms in total. The highest BCUT2D eigenvalue weighted by Crippen LogP contribution is 2.13. The number of hydrogen-bond acceptors (Lipinski definition) is 3. The molecule has 0 aromatic heterocycles. The monoisotopic (exact) mass is 324 g/mol. The van der Waals surface area contributed by atoms with Crippen LogP contribution in [-0.4, -0.2) is 59.5 Å². The van der Waals surface area contributed by atoms with Gasteiger partial charge in [0.2, 0.25) is 0 Å². The first kappa shape index (κ1) is 16.8. The van der Waals surface area contributed by atoms with Crippen LogP contribution in [0.4, 0.5) is 0 Å². The molecule has 1 N–H and O–H groups in total. The summed E-state index contributed by atoms with van der Waals surface area (Å²) >= 11 is 5.83. The van der Waals surface area contributed by atoms with Gasteiger partial charge in [-0.25, -0.2) is 0 Å². The zero-order valence-electron chi connectivity index (χ0n) is 12.5. The van der Waals surface area contributed by atoms with Gasteiger partial charge in [-0.1, -0.05) is 11.6 Å². The first-order valence-corrected chi connectivity index (χ1v) is 7.93. The van der Waals surface area contributed by atoms with E-state index in [1.54, 1.807) is 24.3 Å². The van der Waals surface area contributed by atoms with E-state index in [1.807, 2.05) is 4.90 Å². The van der Waals surface area contributed by atoms with Gasteiger partial charge in [-0.2, -0.15) is 0 Å². The molecule has 0 saturated carbocycles. The summed E-state index contributed by atoms with van der Waals surface area (Å²) in [6, 6.07) is 6.97. The highest BCUT2D eigenvalue weighted by atomic mass is 35.5. The molecule has 0 bridgehead atoms. The molecular weight excluding hydrogens is 304 g/mol. The number of unbranched alkanes of at least 4 members (excludes halogenated alkanes) is 1. The van der Waals surface area contributed by atoms with Crippen molar-refractivity contribution in [3.05, 3.63) is 34.9 Å². The average Bonchev–Trinajstić information content (AvgIpc) is 2.52.